The Balaban J connectivity index is 2.05. The van der Waals surface area contributed by atoms with Gasteiger partial charge >= 0.3 is 0 Å². The molecule has 20 heavy (non-hydrogen) atoms. The fourth-order valence-electron chi connectivity index (χ4n) is 2.53. The molecule has 2 nitrogen and oxygen atoms in total. The third-order valence-corrected chi connectivity index (χ3v) is 8.94. The van der Waals surface area contributed by atoms with Gasteiger partial charge in [0.1, 0.15) is 0 Å². The van der Waals surface area contributed by atoms with E-state index >= 15 is 0 Å². The molecule has 0 fully saturated rings. The van der Waals surface area contributed by atoms with Gasteiger partial charge in [-0.3, -0.25) is 0 Å². The van der Waals surface area contributed by atoms with E-state index in [4.69, 9.17) is 4.43 Å². The minimum atomic E-state index is -1.36. The van der Waals surface area contributed by atoms with E-state index in [0.29, 0.717) is 0 Å². The highest BCUT2D eigenvalue weighted by Crippen LogP contribution is 2.21. The Morgan fingerprint density at radius 2 is 1.60 bits per heavy atom. The lowest BCUT2D eigenvalue weighted by atomic mass is 10.2. The fraction of sp³-hybridized carbons (Fsp3) is 0.647. The maximum atomic E-state index is 6.25. The molecule has 0 atom stereocenters. The van der Waals surface area contributed by atoms with Crippen LogP contribution in [-0.4, -0.2) is 21.5 Å². The van der Waals surface area contributed by atoms with Crippen LogP contribution in [0.2, 0.25) is 18.1 Å². The van der Waals surface area contributed by atoms with Gasteiger partial charge in [0, 0.05) is 13.2 Å². The SMILES string of the molecule is CC[Si](CC)(CC)OCCCCNCc1ccccc1. The second-order valence-electron chi connectivity index (χ2n) is 5.46. The van der Waals surface area contributed by atoms with Crippen molar-refractivity contribution in [3.8, 4) is 0 Å². The van der Waals surface area contributed by atoms with Crippen LogP contribution in [0.3, 0.4) is 0 Å². The largest absolute Gasteiger partial charge is 0.417 e. The van der Waals surface area contributed by atoms with Crippen molar-refractivity contribution in [1.82, 2.24) is 5.32 Å². The number of benzene rings is 1. The average Bonchev–Trinajstić information content (AvgIpc) is 2.52. The topological polar surface area (TPSA) is 21.3 Å². The van der Waals surface area contributed by atoms with Gasteiger partial charge in [-0.25, -0.2) is 0 Å². The molecule has 0 saturated heterocycles. The zero-order valence-electron chi connectivity index (χ0n) is 13.5. The van der Waals surface area contributed by atoms with Crippen LogP contribution in [0, 0.1) is 0 Å². The van der Waals surface area contributed by atoms with Crippen LogP contribution in [0.1, 0.15) is 39.2 Å². The van der Waals surface area contributed by atoms with Crippen molar-refractivity contribution in [2.75, 3.05) is 13.2 Å². The number of rotatable bonds is 11. The van der Waals surface area contributed by atoms with Gasteiger partial charge < -0.3 is 9.74 Å². The van der Waals surface area contributed by atoms with Crippen LogP contribution in [-0.2, 0) is 11.0 Å². The highest BCUT2D eigenvalue weighted by atomic mass is 28.4. The van der Waals surface area contributed by atoms with Crippen molar-refractivity contribution < 1.29 is 4.43 Å². The molecule has 0 amide bonds. The van der Waals surface area contributed by atoms with Gasteiger partial charge in [-0.15, -0.1) is 0 Å². The van der Waals surface area contributed by atoms with Crippen LogP contribution >= 0.6 is 0 Å². The van der Waals surface area contributed by atoms with E-state index in [-0.39, 0.29) is 0 Å². The lowest BCUT2D eigenvalue weighted by Crippen LogP contribution is -2.36. The van der Waals surface area contributed by atoms with E-state index in [1.165, 1.54) is 36.5 Å². The van der Waals surface area contributed by atoms with Crippen molar-refractivity contribution in [2.24, 2.45) is 0 Å². The first-order chi connectivity index (χ1) is 9.76. The van der Waals surface area contributed by atoms with Crippen LogP contribution < -0.4 is 5.32 Å². The monoisotopic (exact) mass is 293 g/mol. The molecule has 0 aliphatic carbocycles. The van der Waals surface area contributed by atoms with Crippen molar-refractivity contribution >= 4 is 8.32 Å². The number of nitrogens with one attached hydrogen (secondary N) is 1. The second kappa shape index (κ2) is 10.1. The Labute approximate surface area is 126 Å². The summed E-state index contributed by atoms with van der Waals surface area (Å²) >= 11 is 0. The molecule has 0 unspecified atom stereocenters. The van der Waals surface area contributed by atoms with Crippen molar-refractivity contribution in [2.45, 2.75) is 58.3 Å². The van der Waals surface area contributed by atoms with Crippen molar-refractivity contribution in [3.63, 3.8) is 0 Å². The second-order valence-corrected chi connectivity index (χ2v) is 10.2. The Hall–Kier alpha value is -0.643. The predicted octanol–water partition coefficient (Wildman–Crippen LogP) is 4.58. The molecule has 0 bridgehead atoms. The summed E-state index contributed by atoms with van der Waals surface area (Å²) in [6.45, 7) is 9.88. The summed E-state index contributed by atoms with van der Waals surface area (Å²) in [5.74, 6) is 0. The molecule has 0 aromatic heterocycles. The normalized spacial score (nSPS) is 11.8. The Bertz CT molecular complexity index is 330. The zero-order chi connectivity index (χ0) is 14.7. The summed E-state index contributed by atoms with van der Waals surface area (Å²) in [4.78, 5) is 0. The molecule has 1 N–H and O–H groups in total. The van der Waals surface area contributed by atoms with Gasteiger partial charge in [-0.2, -0.15) is 0 Å². The minimum Gasteiger partial charge on any atom is -0.417 e. The predicted molar refractivity (Wildman–Crippen MR) is 90.5 cm³/mol. The molecular formula is C17H31NOSi. The molecule has 114 valence electrons. The average molecular weight is 294 g/mol. The molecular weight excluding hydrogens is 262 g/mol. The summed E-state index contributed by atoms with van der Waals surface area (Å²) in [6.07, 6.45) is 2.38. The summed E-state index contributed by atoms with van der Waals surface area (Å²) in [7, 11) is -1.36. The first-order valence-corrected chi connectivity index (χ1v) is 10.7. The first kappa shape index (κ1) is 17.4. The number of hydrogen-bond donors (Lipinski definition) is 1. The lowest BCUT2D eigenvalue weighted by molar-refractivity contribution is 0.288. The van der Waals surface area contributed by atoms with E-state index in [9.17, 15) is 0 Å². The van der Waals surface area contributed by atoms with Gasteiger partial charge in [0.15, 0.2) is 8.32 Å². The van der Waals surface area contributed by atoms with Crippen LogP contribution in [0.5, 0.6) is 0 Å². The van der Waals surface area contributed by atoms with Gasteiger partial charge in [0.2, 0.25) is 0 Å². The molecule has 1 aromatic carbocycles. The maximum Gasteiger partial charge on any atom is 0.191 e. The molecule has 0 saturated carbocycles. The summed E-state index contributed by atoms with van der Waals surface area (Å²) < 4.78 is 6.25. The Morgan fingerprint density at radius 3 is 2.20 bits per heavy atom. The van der Waals surface area contributed by atoms with Crippen molar-refractivity contribution in [3.05, 3.63) is 35.9 Å². The maximum absolute atomic E-state index is 6.25. The standard InChI is InChI=1S/C17H31NOSi/c1-4-20(5-2,6-3)19-15-11-10-14-18-16-17-12-8-7-9-13-17/h7-9,12-13,18H,4-6,10-11,14-16H2,1-3H3. The number of unbranched alkanes of at least 4 members (excludes halogenated alkanes) is 1. The third kappa shape index (κ3) is 6.20. The Morgan fingerprint density at radius 1 is 0.950 bits per heavy atom. The van der Waals surface area contributed by atoms with Gasteiger partial charge in [-0.05, 0) is 43.1 Å². The molecule has 0 heterocycles. The third-order valence-electron chi connectivity index (χ3n) is 4.26. The van der Waals surface area contributed by atoms with Crippen LogP contribution in [0.15, 0.2) is 30.3 Å². The highest BCUT2D eigenvalue weighted by molar-refractivity contribution is 6.73. The quantitative estimate of drug-likeness (QED) is 0.476. The van der Waals surface area contributed by atoms with Crippen molar-refractivity contribution in [1.29, 1.82) is 0 Å². The summed E-state index contributed by atoms with van der Waals surface area (Å²) in [6, 6.07) is 14.3. The van der Waals surface area contributed by atoms with Gasteiger partial charge in [0.05, 0.1) is 0 Å². The molecule has 0 aliphatic rings. The Kier molecular flexibility index (Phi) is 8.82. The molecule has 3 heteroatoms. The van der Waals surface area contributed by atoms with Gasteiger partial charge in [0.25, 0.3) is 0 Å². The fourth-order valence-corrected chi connectivity index (χ4v) is 5.22. The first-order valence-electron chi connectivity index (χ1n) is 8.15. The van der Waals surface area contributed by atoms with E-state index < -0.39 is 8.32 Å². The molecule has 0 spiro atoms. The summed E-state index contributed by atoms with van der Waals surface area (Å²) in [5, 5.41) is 3.50. The molecule has 1 rings (SSSR count). The van der Waals surface area contributed by atoms with Crippen LogP contribution in [0.25, 0.3) is 0 Å². The molecule has 1 aromatic rings. The van der Waals surface area contributed by atoms with Crippen LogP contribution in [0.4, 0.5) is 0 Å². The molecule has 0 radical (unpaired) electrons. The summed E-state index contributed by atoms with van der Waals surface area (Å²) in [5.41, 5.74) is 1.36. The minimum absolute atomic E-state index is 0.953. The van der Waals surface area contributed by atoms with E-state index in [1.54, 1.807) is 0 Å². The smallest absolute Gasteiger partial charge is 0.191 e. The molecule has 0 aliphatic heterocycles. The van der Waals surface area contributed by atoms with Gasteiger partial charge in [-0.1, -0.05) is 51.1 Å². The van der Waals surface area contributed by atoms with E-state index in [2.05, 4.69) is 56.4 Å². The van der Waals surface area contributed by atoms with E-state index in [1.807, 2.05) is 0 Å². The zero-order valence-corrected chi connectivity index (χ0v) is 14.5. The van der Waals surface area contributed by atoms with E-state index in [0.717, 1.165) is 19.7 Å². The highest BCUT2D eigenvalue weighted by Gasteiger charge is 2.27. The lowest BCUT2D eigenvalue weighted by Gasteiger charge is -2.27. The number of hydrogen-bond acceptors (Lipinski definition) is 2.